The van der Waals surface area contributed by atoms with Crippen molar-refractivity contribution >= 4 is 11.3 Å². The highest BCUT2D eigenvalue weighted by atomic mass is 32.1. The van der Waals surface area contributed by atoms with Gasteiger partial charge in [-0.25, -0.2) is 9.37 Å². The fourth-order valence-corrected chi connectivity index (χ4v) is 2.92. The first-order valence-electron chi connectivity index (χ1n) is 6.46. The summed E-state index contributed by atoms with van der Waals surface area (Å²) in [4.78, 5) is 5.75. The lowest BCUT2D eigenvalue weighted by atomic mass is 9.85. The Bertz CT molecular complexity index is 531. The van der Waals surface area contributed by atoms with Crippen LogP contribution in [0.2, 0.25) is 0 Å². The van der Waals surface area contributed by atoms with Gasteiger partial charge in [-0.15, -0.1) is 11.3 Å². The van der Waals surface area contributed by atoms with Crippen LogP contribution in [0, 0.1) is 5.82 Å². The summed E-state index contributed by atoms with van der Waals surface area (Å²) in [7, 11) is 0. The molecule has 0 fully saturated rings. The van der Waals surface area contributed by atoms with Crippen molar-refractivity contribution < 1.29 is 4.39 Å². The van der Waals surface area contributed by atoms with Crippen LogP contribution >= 0.6 is 11.3 Å². The third kappa shape index (κ3) is 3.19. The fourth-order valence-electron chi connectivity index (χ4n) is 1.92. The van der Waals surface area contributed by atoms with E-state index in [1.165, 1.54) is 17.0 Å². The molecule has 1 aromatic heterocycles. The van der Waals surface area contributed by atoms with Crippen molar-refractivity contribution in [2.45, 2.75) is 32.7 Å². The average Bonchev–Trinajstić information content (AvgIpc) is 2.86. The normalized spacial score (nSPS) is 11.8. The van der Waals surface area contributed by atoms with Crippen LogP contribution in [0.4, 0.5) is 4.39 Å². The van der Waals surface area contributed by atoms with Crippen molar-refractivity contribution in [1.29, 1.82) is 0 Å². The minimum absolute atomic E-state index is 0.192. The molecule has 1 heterocycles. The van der Waals surface area contributed by atoms with Crippen molar-refractivity contribution in [2.24, 2.45) is 0 Å². The van der Waals surface area contributed by atoms with Crippen LogP contribution in [0.15, 0.2) is 30.5 Å². The van der Waals surface area contributed by atoms with E-state index in [9.17, 15) is 4.39 Å². The average molecular weight is 278 g/mol. The van der Waals surface area contributed by atoms with Gasteiger partial charge in [-0.3, -0.25) is 0 Å². The van der Waals surface area contributed by atoms with E-state index in [1.54, 1.807) is 11.3 Å². The number of hydrogen-bond donors (Lipinski definition) is 1. The standard InChI is InChI=1S/C15H19FN2S/c1-4-17-9-13-10-18-14(19-13)15(2,3)11-5-7-12(16)8-6-11/h5-8,10,17H,4,9H2,1-3H3. The molecule has 1 aromatic carbocycles. The maximum atomic E-state index is 13.0. The molecule has 0 unspecified atom stereocenters. The number of hydrogen-bond acceptors (Lipinski definition) is 3. The van der Waals surface area contributed by atoms with Gasteiger partial charge in [-0.2, -0.15) is 0 Å². The Morgan fingerprint density at radius 3 is 2.58 bits per heavy atom. The highest BCUT2D eigenvalue weighted by Crippen LogP contribution is 2.34. The van der Waals surface area contributed by atoms with E-state index in [1.807, 2.05) is 18.3 Å². The van der Waals surface area contributed by atoms with E-state index in [0.29, 0.717) is 0 Å². The summed E-state index contributed by atoms with van der Waals surface area (Å²) in [5, 5.41) is 4.36. The summed E-state index contributed by atoms with van der Waals surface area (Å²) < 4.78 is 13.0. The van der Waals surface area contributed by atoms with Crippen molar-refractivity contribution in [2.75, 3.05) is 6.54 Å². The Hall–Kier alpha value is -1.26. The van der Waals surface area contributed by atoms with Crippen LogP contribution in [0.25, 0.3) is 0 Å². The third-order valence-corrected chi connectivity index (χ3v) is 4.52. The van der Waals surface area contributed by atoms with E-state index >= 15 is 0 Å². The van der Waals surface area contributed by atoms with E-state index < -0.39 is 0 Å². The first-order chi connectivity index (χ1) is 9.04. The lowest BCUT2D eigenvalue weighted by Crippen LogP contribution is -2.18. The zero-order valence-corrected chi connectivity index (χ0v) is 12.4. The number of thiazole rings is 1. The van der Waals surface area contributed by atoms with Crippen LogP contribution < -0.4 is 5.32 Å². The van der Waals surface area contributed by atoms with Crippen molar-refractivity contribution in [3.8, 4) is 0 Å². The van der Waals surface area contributed by atoms with Gasteiger partial charge in [0, 0.05) is 23.0 Å². The molecular weight excluding hydrogens is 259 g/mol. The number of nitrogens with one attached hydrogen (secondary N) is 1. The van der Waals surface area contributed by atoms with Gasteiger partial charge in [0.2, 0.25) is 0 Å². The Labute approximate surface area is 117 Å². The Morgan fingerprint density at radius 1 is 1.26 bits per heavy atom. The van der Waals surface area contributed by atoms with Crippen LogP contribution in [0.3, 0.4) is 0 Å². The predicted octanol–water partition coefficient (Wildman–Crippen LogP) is 3.72. The molecule has 2 nitrogen and oxygen atoms in total. The number of benzene rings is 1. The summed E-state index contributed by atoms with van der Waals surface area (Å²) in [5.41, 5.74) is 0.890. The molecule has 0 saturated heterocycles. The summed E-state index contributed by atoms with van der Waals surface area (Å²) >= 11 is 1.71. The molecule has 19 heavy (non-hydrogen) atoms. The molecule has 0 aliphatic carbocycles. The monoisotopic (exact) mass is 278 g/mol. The molecule has 0 radical (unpaired) electrons. The van der Waals surface area contributed by atoms with E-state index in [0.717, 1.165) is 23.7 Å². The van der Waals surface area contributed by atoms with Gasteiger partial charge >= 0.3 is 0 Å². The fraction of sp³-hybridized carbons (Fsp3) is 0.400. The number of aromatic nitrogens is 1. The van der Waals surface area contributed by atoms with E-state index in [-0.39, 0.29) is 11.2 Å². The van der Waals surface area contributed by atoms with Gasteiger partial charge < -0.3 is 5.32 Å². The summed E-state index contributed by atoms with van der Waals surface area (Å²) in [6, 6.07) is 6.68. The third-order valence-electron chi connectivity index (χ3n) is 3.20. The molecular formula is C15H19FN2S. The molecule has 0 atom stereocenters. The summed E-state index contributed by atoms with van der Waals surface area (Å²) in [6.07, 6.45) is 1.92. The maximum absolute atomic E-state index is 13.0. The van der Waals surface area contributed by atoms with Gasteiger partial charge in [0.05, 0.1) is 0 Å². The van der Waals surface area contributed by atoms with E-state index in [4.69, 9.17) is 0 Å². The van der Waals surface area contributed by atoms with Crippen molar-refractivity contribution in [3.05, 3.63) is 51.7 Å². The molecule has 4 heteroatoms. The van der Waals surface area contributed by atoms with Gasteiger partial charge in [-0.1, -0.05) is 19.1 Å². The Morgan fingerprint density at radius 2 is 1.95 bits per heavy atom. The van der Waals surface area contributed by atoms with Crippen molar-refractivity contribution in [1.82, 2.24) is 10.3 Å². The molecule has 102 valence electrons. The van der Waals surface area contributed by atoms with Crippen LogP contribution in [-0.4, -0.2) is 11.5 Å². The largest absolute Gasteiger partial charge is 0.312 e. The quantitative estimate of drug-likeness (QED) is 0.901. The zero-order chi connectivity index (χ0) is 13.9. The van der Waals surface area contributed by atoms with Gasteiger partial charge in [0.1, 0.15) is 10.8 Å². The first-order valence-corrected chi connectivity index (χ1v) is 7.27. The zero-order valence-electron chi connectivity index (χ0n) is 11.5. The van der Waals surface area contributed by atoms with Crippen LogP contribution in [0.1, 0.15) is 36.2 Å². The molecule has 0 saturated carbocycles. The highest BCUT2D eigenvalue weighted by Gasteiger charge is 2.26. The number of rotatable bonds is 5. The molecule has 0 aliphatic rings. The van der Waals surface area contributed by atoms with Gasteiger partial charge in [0.25, 0.3) is 0 Å². The molecule has 0 bridgehead atoms. The number of nitrogens with zero attached hydrogens (tertiary/aromatic N) is 1. The second kappa shape index (κ2) is 5.80. The second-order valence-corrected chi connectivity index (χ2v) is 6.16. The maximum Gasteiger partial charge on any atom is 0.123 e. The molecule has 0 aliphatic heterocycles. The van der Waals surface area contributed by atoms with Crippen LogP contribution in [0.5, 0.6) is 0 Å². The highest BCUT2D eigenvalue weighted by molar-refractivity contribution is 7.11. The van der Waals surface area contributed by atoms with E-state index in [2.05, 4.69) is 31.1 Å². The molecule has 0 spiro atoms. The number of halogens is 1. The molecule has 2 rings (SSSR count). The second-order valence-electron chi connectivity index (χ2n) is 5.04. The first kappa shape index (κ1) is 14.2. The molecule has 1 N–H and O–H groups in total. The summed E-state index contributed by atoms with van der Waals surface area (Å²) in [6.45, 7) is 8.14. The van der Waals surface area contributed by atoms with Gasteiger partial charge in [-0.05, 0) is 38.1 Å². The SMILES string of the molecule is CCNCc1cnc(C(C)(C)c2ccc(F)cc2)s1. The lowest BCUT2D eigenvalue weighted by molar-refractivity contribution is 0.612. The minimum Gasteiger partial charge on any atom is -0.312 e. The minimum atomic E-state index is -0.202. The topological polar surface area (TPSA) is 24.9 Å². The van der Waals surface area contributed by atoms with Crippen molar-refractivity contribution in [3.63, 3.8) is 0 Å². The molecule has 0 amide bonds. The Balaban J connectivity index is 2.23. The summed E-state index contributed by atoms with van der Waals surface area (Å²) in [5.74, 6) is -0.202. The van der Waals surface area contributed by atoms with Crippen LogP contribution in [-0.2, 0) is 12.0 Å². The molecule has 2 aromatic rings. The lowest BCUT2D eigenvalue weighted by Gasteiger charge is -2.22. The van der Waals surface area contributed by atoms with Gasteiger partial charge in [0.15, 0.2) is 0 Å². The predicted molar refractivity (Wildman–Crippen MR) is 78.0 cm³/mol. The smallest absolute Gasteiger partial charge is 0.123 e. The Kier molecular flexibility index (Phi) is 4.32.